The van der Waals surface area contributed by atoms with E-state index in [0.29, 0.717) is 12.6 Å². The van der Waals surface area contributed by atoms with Gasteiger partial charge in [-0.3, -0.25) is 9.58 Å². The van der Waals surface area contributed by atoms with Gasteiger partial charge in [-0.25, -0.2) is 4.68 Å². The van der Waals surface area contributed by atoms with Crippen LogP contribution in [0.15, 0.2) is 18.5 Å². The van der Waals surface area contributed by atoms with Crippen LogP contribution in [0.4, 0.5) is 0 Å². The molecule has 2 atom stereocenters. The van der Waals surface area contributed by atoms with Crippen molar-refractivity contribution in [2.24, 2.45) is 7.05 Å². The third kappa shape index (κ3) is 3.70. The first-order valence-corrected chi connectivity index (χ1v) is 11.6. The molecule has 9 heteroatoms. The number of thiophene rings is 1. The van der Waals surface area contributed by atoms with Crippen LogP contribution in [-0.2, 0) is 43.3 Å². The van der Waals surface area contributed by atoms with E-state index in [1.165, 1.54) is 10.4 Å². The molecule has 0 radical (unpaired) electrons. The summed E-state index contributed by atoms with van der Waals surface area (Å²) in [6.07, 6.45) is 8.17. The van der Waals surface area contributed by atoms with Crippen LogP contribution in [-0.4, -0.2) is 54.1 Å². The summed E-state index contributed by atoms with van der Waals surface area (Å²) < 4.78 is 10.0. The highest BCUT2D eigenvalue weighted by Crippen LogP contribution is 2.46. The zero-order chi connectivity index (χ0) is 20.7. The molecule has 1 fully saturated rings. The van der Waals surface area contributed by atoms with Gasteiger partial charge in [0.1, 0.15) is 5.69 Å². The molecule has 5 heterocycles. The number of rotatable bonds is 5. The van der Waals surface area contributed by atoms with Crippen molar-refractivity contribution in [3.63, 3.8) is 0 Å². The molecule has 8 nitrogen and oxygen atoms in total. The molecule has 0 bridgehead atoms. The van der Waals surface area contributed by atoms with Crippen molar-refractivity contribution in [2.75, 3.05) is 13.2 Å². The predicted octanol–water partition coefficient (Wildman–Crippen LogP) is 2.53. The van der Waals surface area contributed by atoms with Crippen molar-refractivity contribution in [1.82, 2.24) is 34.9 Å². The molecule has 0 aromatic carbocycles. The average Bonchev–Trinajstić information content (AvgIpc) is 3.45. The van der Waals surface area contributed by atoms with E-state index in [1.807, 2.05) is 35.5 Å². The lowest BCUT2D eigenvalue weighted by Gasteiger charge is -2.47. The topological polar surface area (TPSA) is 73.9 Å². The van der Waals surface area contributed by atoms with E-state index in [2.05, 4.69) is 45.4 Å². The number of likely N-dealkylation sites (tertiary alicyclic amines) is 1. The quantitative estimate of drug-likeness (QED) is 0.623. The number of ether oxygens (including phenoxy) is 1. The fraction of sp³-hybridized carbons (Fsp3) is 0.619. The van der Waals surface area contributed by atoms with Crippen LogP contribution < -0.4 is 0 Å². The summed E-state index contributed by atoms with van der Waals surface area (Å²) >= 11 is 1.99. The number of aromatic nitrogens is 6. The summed E-state index contributed by atoms with van der Waals surface area (Å²) in [5, 5.41) is 16.8. The van der Waals surface area contributed by atoms with E-state index in [4.69, 9.17) is 4.74 Å². The second-order valence-electron chi connectivity index (χ2n) is 8.56. The van der Waals surface area contributed by atoms with Crippen molar-refractivity contribution in [2.45, 2.75) is 64.3 Å². The number of fused-ring (bicyclic) bond motifs is 2. The molecule has 0 saturated carbocycles. The number of nitrogens with zero attached hydrogens (tertiary/aromatic N) is 7. The summed E-state index contributed by atoms with van der Waals surface area (Å²) in [5.41, 5.74) is 3.25. The van der Waals surface area contributed by atoms with Crippen LogP contribution in [0.2, 0.25) is 0 Å². The first kappa shape index (κ1) is 19.8. The van der Waals surface area contributed by atoms with Crippen molar-refractivity contribution >= 4 is 11.3 Å². The molecule has 0 N–H and O–H groups in total. The lowest BCUT2D eigenvalue weighted by atomic mass is 9.79. The molecule has 2 aliphatic rings. The van der Waals surface area contributed by atoms with E-state index < -0.39 is 0 Å². The third-order valence-corrected chi connectivity index (χ3v) is 7.72. The molecule has 30 heavy (non-hydrogen) atoms. The van der Waals surface area contributed by atoms with Crippen LogP contribution in [0.25, 0.3) is 0 Å². The van der Waals surface area contributed by atoms with E-state index >= 15 is 0 Å². The van der Waals surface area contributed by atoms with Gasteiger partial charge in [0.2, 0.25) is 0 Å². The number of aryl methyl sites for hydroxylation is 2. The normalized spacial score (nSPS) is 24.4. The summed E-state index contributed by atoms with van der Waals surface area (Å²) in [5.74, 6) is 0. The maximum absolute atomic E-state index is 6.47. The largest absolute Gasteiger partial charge is 0.370 e. The van der Waals surface area contributed by atoms with Crippen LogP contribution in [0.1, 0.15) is 53.4 Å². The Kier molecular flexibility index (Phi) is 5.20. The summed E-state index contributed by atoms with van der Waals surface area (Å²) in [6.45, 7) is 7.82. The number of piperidine rings is 1. The zero-order valence-electron chi connectivity index (χ0n) is 17.9. The maximum atomic E-state index is 6.47. The highest BCUT2D eigenvalue weighted by atomic mass is 32.1. The molecular weight excluding hydrogens is 398 g/mol. The molecular formula is C21H29N7OS. The van der Waals surface area contributed by atoms with E-state index in [0.717, 1.165) is 56.8 Å². The fourth-order valence-electron chi connectivity index (χ4n) is 4.84. The van der Waals surface area contributed by atoms with E-state index in [9.17, 15) is 0 Å². The minimum absolute atomic E-state index is 0.100. The van der Waals surface area contributed by atoms with Crippen LogP contribution >= 0.6 is 11.3 Å². The van der Waals surface area contributed by atoms with Crippen molar-refractivity contribution in [1.29, 1.82) is 0 Å². The molecule has 0 amide bonds. The lowest BCUT2D eigenvalue weighted by molar-refractivity contribution is -0.112. The molecule has 5 rings (SSSR count). The summed E-state index contributed by atoms with van der Waals surface area (Å²) in [4.78, 5) is 5.54. The Balaban J connectivity index is 1.26. The van der Waals surface area contributed by atoms with Gasteiger partial charge in [0.15, 0.2) is 0 Å². The lowest BCUT2D eigenvalue weighted by Crippen LogP contribution is -2.50. The molecule has 0 unspecified atom stereocenters. The average molecular weight is 428 g/mol. The fourth-order valence-corrected chi connectivity index (χ4v) is 6.02. The summed E-state index contributed by atoms with van der Waals surface area (Å²) in [7, 11) is 1.87. The van der Waals surface area contributed by atoms with E-state index in [1.54, 1.807) is 9.56 Å². The smallest absolute Gasteiger partial charge is 0.104 e. The van der Waals surface area contributed by atoms with Gasteiger partial charge in [-0.2, -0.15) is 0 Å². The number of hydrogen-bond acceptors (Lipinski definition) is 7. The van der Waals surface area contributed by atoms with Gasteiger partial charge >= 0.3 is 0 Å². The van der Waals surface area contributed by atoms with Gasteiger partial charge < -0.3 is 4.74 Å². The predicted molar refractivity (Wildman–Crippen MR) is 114 cm³/mol. The molecule has 3 aromatic rings. The Morgan fingerprint density at radius 1 is 1.20 bits per heavy atom. The molecule has 0 aliphatic carbocycles. The second kappa shape index (κ2) is 7.86. The van der Waals surface area contributed by atoms with Gasteiger partial charge in [-0.1, -0.05) is 17.4 Å². The molecule has 2 aliphatic heterocycles. The first-order chi connectivity index (χ1) is 14.5. The molecule has 1 spiro atoms. The minimum Gasteiger partial charge on any atom is -0.370 e. The third-order valence-electron chi connectivity index (χ3n) is 6.38. The Labute approximate surface area is 180 Å². The van der Waals surface area contributed by atoms with E-state index in [-0.39, 0.29) is 5.60 Å². The van der Waals surface area contributed by atoms with Crippen molar-refractivity contribution in [3.05, 3.63) is 45.2 Å². The van der Waals surface area contributed by atoms with Gasteiger partial charge in [0.25, 0.3) is 0 Å². The van der Waals surface area contributed by atoms with Crippen LogP contribution in [0, 0.1) is 0 Å². The summed E-state index contributed by atoms with van der Waals surface area (Å²) in [6, 6.07) is 2.85. The van der Waals surface area contributed by atoms with Crippen molar-refractivity contribution < 1.29 is 4.74 Å². The van der Waals surface area contributed by atoms with Crippen molar-refractivity contribution in [3.8, 4) is 0 Å². The standard InChI is InChI=1S/C21H29N7OS/c1-4-18-9-19-20(30-18)5-8-29-21(19)6-7-27(15(2)10-21)12-17-14-28(25-23-17)13-16-11-26(3)24-22-16/h9,11,14-15H,4-8,10,12-13H2,1-3H3/t15-,21+/m0/s1. The monoisotopic (exact) mass is 427 g/mol. The maximum Gasteiger partial charge on any atom is 0.104 e. The van der Waals surface area contributed by atoms with Gasteiger partial charge in [0, 0.05) is 48.6 Å². The minimum atomic E-state index is -0.100. The first-order valence-electron chi connectivity index (χ1n) is 10.8. The molecule has 1 saturated heterocycles. The Hall–Kier alpha value is -2.10. The Morgan fingerprint density at radius 2 is 2.03 bits per heavy atom. The zero-order valence-corrected chi connectivity index (χ0v) is 18.7. The van der Waals surface area contributed by atoms with Crippen LogP contribution in [0.3, 0.4) is 0 Å². The molecule has 3 aromatic heterocycles. The Bertz CT molecular complexity index is 1020. The SMILES string of the molecule is CCc1cc2c(s1)CCO[C@@]21CCN(Cc2cn(Cc3cn(C)nn3)nn2)[C@@H](C)C1. The van der Waals surface area contributed by atoms with Gasteiger partial charge in [-0.05, 0) is 37.8 Å². The van der Waals surface area contributed by atoms with Gasteiger partial charge in [-0.15, -0.1) is 21.5 Å². The van der Waals surface area contributed by atoms with Crippen LogP contribution in [0.5, 0.6) is 0 Å². The number of hydrogen-bond donors (Lipinski definition) is 0. The van der Waals surface area contributed by atoms with Gasteiger partial charge in [0.05, 0.1) is 30.6 Å². The highest BCUT2D eigenvalue weighted by molar-refractivity contribution is 7.12. The highest BCUT2D eigenvalue weighted by Gasteiger charge is 2.44. The second-order valence-corrected chi connectivity index (χ2v) is 9.78. The molecule has 160 valence electrons. The Morgan fingerprint density at radius 3 is 2.80 bits per heavy atom.